The van der Waals surface area contributed by atoms with Gasteiger partial charge < -0.3 is 5.73 Å². The average Bonchev–Trinajstić information content (AvgIpc) is 2.63. The van der Waals surface area contributed by atoms with Crippen LogP contribution >= 0.6 is 0 Å². The lowest BCUT2D eigenvalue weighted by Gasteiger charge is -2.45. The first-order chi connectivity index (χ1) is 9.79. The maximum absolute atomic E-state index is 6.52. The van der Waals surface area contributed by atoms with Crippen molar-refractivity contribution in [3.63, 3.8) is 0 Å². The monoisotopic (exact) mass is 294 g/mol. The fraction of sp³-hybridized carbons (Fsp3) is 1.00. The predicted molar refractivity (Wildman–Crippen MR) is 92.3 cm³/mol. The van der Waals surface area contributed by atoms with E-state index in [1.807, 2.05) is 0 Å². The molecule has 0 aromatic heterocycles. The van der Waals surface area contributed by atoms with Crippen LogP contribution in [0.15, 0.2) is 0 Å². The second kappa shape index (κ2) is 7.00. The van der Waals surface area contributed by atoms with Gasteiger partial charge in [-0.15, -0.1) is 0 Å². The van der Waals surface area contributed by atoms with Crippen molar-refractivity contribution >= 4 is 0 Å². The standard InChI is InChI=1S/C19H38N2/c1-14(2)15-7-6-11-21(12-10-15)18-13-16(19(3,4)5)8-9-17(18)20/h14-18H,6-13,20H2,1-5H3. The van der Waals surface area contributed by atoms with Crippen molar-refractivity contribution in [2.24, 2.45) is 28.9 Å². The Kier molecular flexibility index (Phi) is 5.76. The molecule has 4 atom stereocenters. The Morgan fingerprint density at radius 1 is 1.00 bits per heavy atom. The van der Waals surface area contributed by atoms with Gasteiger partial charge in [-0.1, -0.05) is 34.6 Å². The molecule has 2 rings (SSSR count). The molecule has 2 aliphatic rings. The van der Waals surface area contributed by atoms with E-state index in [0.717, 1.165) is 17.8 Å². The van der Waals surface area contributed by atoms with Gasteiger partial charge in [0.05, 0.1) is 0 Å². The average molecular weight is 295 g/mol. The zero-order chi connectivity index (χ0) is 15.6. The topological polar surface area (TPSA) is 29.3 Å². The molecule has 0 amide bonds. The van der Waals surface area contributed by atoms with Gasteiger partial charge in [0, 0.05) is 12.1 Å². The van der Waals surface area contributed by atoms with Crippen LogP contribution < -0.4 is 5.73 Å². The van der Waals surface area contributed by atoms with Crippen molar-refractivity contribution in [1.82, 2.24) is 4.90 Å². The number of hydrogen-bond donors (Lipinski definition) is 1. The summed E-state index contributed by atoms with van der Waals surface area (Å²) in [6.07, 6.45) is 8.02. The first-order valence-electron chi connectivity index (χ1n) is 9.28. The summed E-state index contributed by atoms with van der Waals surface area (Å²) >= 11 is 0. The molecule has 1 heterocycles. The SMILES string of the molecule is CC(C)C1CCCN(C2CC(C(C)(C)C)CCC2N)CC1. The van der Waals surface area contributed by atoms with Crippen LogP contribution in [0.4, 0.5) is 0 Å². The van der Waals surface area contributed by atoms with Crippen LogP contribution in [0.3, 0.4) is 0 Å². The van der Waals surface area contributed by atoms with Gasteiger partial charge in [0.1, 0.15) is 0 Å². The van der Waals surface area contributed by atoms with Crippen molar-refractivity contribution in [2.45, 2.75) is 85.2 Å². The summed E-state index contributed by atoms with van der Waals surface area (Å²) in [6, 6.07) is 1.04. The number of nitrogens with zero attached hydrogens (tertiary/aromatic N) is 1. The van der Waals surface area contributed by atoms with Gasteiger partial charge in [-0.25, -0.2) is 0 Å². The van der Waals surface area contributed by atoms with Gasteiger partial charge >= 0.3 is 0 Å². The van der Waals surface area contributed by atoms with Gasteiger partial charge in [0.15, 0.2) is 0 Å². The Morgan fingerprint density at radius 2 is 1.71 bits per heavy atom. The van der Waals surface area contributed by atoms with Crippen LogP contribution in [0.1, 0.15) is 73.1 Å². The van der Waals surface area contributed by atoms with Crippen LogP contribution in [0, 0.1) is 23.2 Å². The molecule has 0 bridgehead atoms. The summed E-state index contributed by atoms with van der Waals surface area (Å²) < 4.78 is 0. The van der Waals surface area contributed by atoms with E-state index in [-0.39, 0.29) is 0 Å². The van der Waals surface area contributed by atoms with Crippen LogP contribution in [0.2, 0.25) is 0 Å². The van der Waals surface area contributed by atoms with E-state index >= 15 is 0 Å². The Morgan fingerprint density at radius 3 is 2.33 bits per heavy atom. The summed E-state index contributed by atoms with van der Waals surface area (Å²) in [5, 5.41) is 0. The van der Waals surface area contributed by atoms with Crippen LogP contribution in [0.25, 0.3) is 0 Å². The second-order valence-electron chi connectivity index (χ2n) is 9.08. The lowest BCUT2D eigenvalue weighted by atomic mass is 9.69. The van der Waals surface area contributed by atoms with E-state index in [0.29, 0.717) is 17.5 Å². The maximum Gasteiger partial charge on any atom is 0.0250 e. The lowest BCUT2D eigenvalue weighted by Crippen LogP contribution is -2.53. The molecule has 2 N–H and O–H groups in total. The minimum absolute atomic E-state index is 0.402. The van der Waals surface area contributed by atoms with Gasteiger partial charge in [-0.05, 0) is 74.8 Å². The first kappa shape index (κ1) is 17.3. The molecule has 0 aromatic carbocycles. The van der Waals surface area contributed by atoms with Crippen molar-refractivity contribution in [3.05, 3.63) is 0 Å². The van der Waals surface area contributed by atoms with E-state index in [1.54, 1.807) is 0 Å². The minimum Gasteiger partial charge on any atom is -0.326 e. The molecule has 2 heteroatoms. The third-order valence-electron chi connectivity index (χ3n) is 6.31. The fourth-order valence-electron chi connectivity index (χ4n) is 4.52. The highest BCUT2D eigenvalue weighted by Gasteiger charge is 2.37. The zero-order valence-electron chi connectivity index (χ0n) is 15.1. The molecule has 2 nitrogen and oxygen atoms in total. The summed E-state index contributed by atoms with van der Waals surface area (Å²) in [7, 11) is 0. The third kappa shape index (κ3) is 4.45. The van der Waals surface area contributed by atoms with Crippen molar-refractivity contribution < 1.29 is 0 Å². The predicted octanol–water partition coefficient (Wildman–Crippen LogP) is 4.29. The van der Waals surface area contributed by atoms with Gasteiger partial charge in [-0.2, -0.15) is 0 Å². The molecule has 1 saturated heterocycles. The highest BCUT2D eigenvalue weighted by atomic mass is 15.2. The molecule has 21 heavy (non-hydrogen) atoms. The van der Waals surface area contributed by atoms with E-state index < -0.39 is 0 Å². The fourth-order valence-corrected chi connectivity index (χ4v) is 4.52. The van der Waals surface area contributed by atoms with E-state index in [4.69, 9.17) is 5.73 Å². The Hall–Kier alpha value is -0.0800. The van der Waals surface area contributed by atoms with Gasteiger partial charge in [0.2, 0.25) is 0 Å². The third-order valence-corrected chi connectivity index (χ3v) is 6.31. The van der Waals surface area contributed by atoms with Crippen LogP contribution in [-0.2, 0) is 0 Å². The molecule has 0 spiro atoms. The number of nitrogens with two attached hydrogens (primary N) is 1. The van der Waals surface area contributed by atoms with Crippen LogP contribution in [0.5, 0.6) is 0 Å². The molecule has 1 aliphatic heterocycles. The van der Waals surface area contributed by atoms with Crippen molar-refractivity contribution in [1.29, 1.82) is 0 Å². The summed E-state index contributed by atoms with van der Waals surface area (Å²) in [4.78, 5) is 2.75. The minimum atomic E-state index is 0.402. The summed E-state index contributed by atoms with van der Waals surface area (Å²) in [6.45, 7) is 14.6. The number of rotatable bonds is 2. The number of hydrogen-bond acceptors (Lipinski definition) is 2. The van der Waals surface area contributed by atoms with E-state index in [9.17, 15) is 0 Å². The molecular formula is C19H38N2. The van der Waals surface area contributed by atoms with Crippen LogP contribution in [-0.4, -0.2) is 30.1 Å². The largest absolute Gasteiger partial charge is 0.326 e. The highest BCUT2D eigenvalue weighted by molar-refractivity contribution is 4.93. The second-order valence-corrected chi connectivity index (χ2v) is 9.08. The molecule has 0 radical (unpaired) electrons. The Labute approximate surface area is 132 Å². The van der Waals surface area contributed by atoms with Crippen molar-refractivity contribution in [2.75, 3.05) is 13.1 Å². The molecule has 0 aromatic rings. The molecule has 4 unspecified atom stereocenters. The zero-order valence-corrected chi connectivity index (χ0v) is 15.1. The normalized spacial score (nSPS) is 36.7. The lowest BCUT2D eigenvalue weighted by molar-refractivity contribution is 0.0702. The molecule has 1 aliphatic carbocycles. The quantitative estimate of drug-likeness (QED) is 0.823. The number of likely N-dealkylation sites (tertiary alicyclic amines) is 1. The molecule has 124 valence electrons. The van der Waals surface area contributed by atoms with E-state index in [1.165, 1.54) is 51.6 Å². The van der Waals surface area contributed by atoms with E-state index in [2.05, 4.69) is 39.5 Å². The molecule has 2 fully saturated rings. The maximum atomic E-state index is 6.52. The molecule has 1 saturated carbocycles. The van der Waals surface area contributed by atoms with Crippen molar-refractivity contribution in [3.8, 4) is 0 Å². The van der Waals surface area contributed by atoms with Gasteiger partial charge in [-0.3, -0.25) is 4.90 Å². The smallest absolute Gasteiger partial charge is 0.0250 e. The summed E-state index contributed by atoms with van der Waals surface area (Å²) in [5.74, 6) is 2.60. The highest BCUT2D eigenvalue weighted by Crippen LogP contribution is 2.39. The first-order valence-corrected chi connectivity index (χ1v) is 9.28. The Bertz CT molecular complexity index is 318. The Balaban J connectivity index is 1.98. The van der Waals surface area contributed by atoms with Gasteiger partial charge in [0.25, 0.3) is 0 Å². The molecular weight excluding hydrogens is 256 g/mol. The summed E-state index contributed by atoms with van der Waals surface area (Å²) in [5.41, 5.74) is 6.95.